The van der Waals surface area contributed by atoms with Crippen LogP contribution in [-0.4, -0.2) is 37.9 Å². The zero-order chi connectivity index (χ0) is 15.0. The Morgan fingerprint density at radius 3 is 2.70 bits per heavy atom. The summed E-state index contributed by atoms with van der Waals surface area (Å²) in [5, 5.41) is 12.5. The minimum absolute atomic E-state index is 0.0414. The van der Waals surface area contributed by atoms with Gasteiger partial charge in [0.25, 0.3) is 5.56 Å². The van der Waals surface area contributed by atoms with Crippen LogP contribution in [0.5, 0.6) is 0 Å². The summed E-state index contributed by atoms with van der Waals surface area (Å²) >= 11 is 0. The van der Waals surface area contributed by atoms with Gasteiger partial charge < -0.3 is 15.6 Å². The van der Waals surface area contributed by atoms with Crippen LogP contribution >= 0.6 is 0 Å². The van der Waals surface area contributed by atoms with Gasteiger partial charge in [-0.3, -0.25) is 14.6 Å². The number of nitrogens with two attached hydrogens (primary N) is 1. The molecule has 0 saturated heterocycles. The smallest absolute Gasteiger partial charge is 0.339 e. The average Bonchev–Trinajstić information content (AvgIpc) is 2.34. The van der Waals surface area contributed by atoms with E-state index < -0.39 is 28.8 Å². The number of nitrogens with zero attached hydrogens (tertiary/aromatic N) is 3. The number of H-pyrrole nitrogens is 1. The molecule has 4 N–H and O–H groups in total. The number of nitrogens with one attached hydrogen (secondary N) is 1. The van der Waals surface area contributed by atoms with Crippen LogP contribution in [0.2, 0.25) is 0 Å². The molecule has 106 valence electrons. The first kappa shape index (κ1) is 13.7. The average molecular weight is 281 g/mol. The SMILES string of the molecule is COC(C(=O)O)c1nn(C)c2nc(N)[nH]c(=O)c2c1=O. The minimum Gasteiger partial charge on any atom is -0.479 e. The van der Waals surface area contributed by atoms with E-state index in [0.29, 0.717) is 0 Å². The van der Waals surface area contributed by atoms with Crippen molar-refractivity contribution in [2.75, 3.05) is 12.8 Å². The van der Waals surface area contributed by atoms with Crippen LogP contribution < -0.4 is 16.7 Å². The number of hydrogen-bond donors (Lipinski definition) is 3. The Hall–Kier alpha value is -2.75. The second-order valence-corrected chi connectivity index (χ2v) is 3.94. The number of nitrogen functional groups attached to an aromatic ring is 1. The lowest BCUT2D eigenvalue weighted by Gasteiger charge is -2.11. The fraction of sp³-hybridized carbons (Fsp3) is 0.300. The van der Waals surface area contributed by atoms with E-state index in [9.17, 15) is 14.4 Å². The highest BCUT2D eigenvalue weighted by Gasteiger charge is 2.27. The maximum Gasteiger partial charge on any atom is 0.339 e. The Balaban J connectivity index is 2.92. The number of methoxy groups -OCH3 is 1. The number of carboxylic acids is 1. The molecule has 20 heavy (non-hydrogen) atoms. The monoisotopic (exact) mass is 281 g/mol. The number of aryl methyl sites for hydroxylation is 1. The van der Waals surface area contributed by atoms with E-state index in [1.807, 2.05) is 0 Å². The molecule has 1 atom stereocenters. The standard InChI is InChI=1S/C10H11N5O5/c1-15-7-3(8(17)13-10(11)12-7)5(16)4(14-15)6(20-2)9(18)19/h6H,1-2H3,(H,18,19)(H3,11,12,13,17). The van der Waals surface area contributed by atoms with E-state index in [4.69, 9.17) is 15.6 Å². The highest BCUT2D eigenvalue weighted by molar-refractivity contribution is 5.78. The van der Waals surface area contributed by atoms with Crippen molar-refractivity contribution in [3.63, 3.8) is 0 Å². The zero-order valence-electron chi connectivity index (χ0n) is 10.6. The van der Waals surface area contributed by atoms with Crippen molar-refractivity contribution < 1.29 is 14.6 Å². The van der Waals surface area contributed by atoms with Gasteiger partial charge in [-0.05, 0) is 0 Å². The third-order valence-electron chi connectivity index (χ3n) is 2.65. The lowest BCUT2D eigenvalue weighted by molar-refractivity contribution is -0.149. The molecule has 2 rings (SSSR count). The number of carboxylic acid groups (broad SMARTS) is 1. The van der Waals surface area contributed by atoms with Crippen LogP contribution in [0.4, 0.5) is 5.95 Å². The van der Waals surface area contributed by atoms with Crippen LogP contribution in [0.15, 0.2) is 9.59 Å². The van der Waals surface area contributed by atoms with Crippen molar-refractivity contribution in [1.29, 1.82) is 0 Å². The van der Waals surface area contributed by atoms with Crippen molar-refractivity contribution in [3.05, 3.63) is 26.3 Å². The van der Waals surface area contributed by atoms with Crippen molar-refractivity contribution >= 4 is 23.0 Å². The van der Waals surface area contributed by atoms with Gasteiger partial charge in [0.1, 0.15) is 11.1 Å². The van der Waals surface area contributed by atoms with Gasteiger partial charge >= 0.3 is 5.97 Å². The van der Waals surface area contributed by atoms with Gasteiger partial charge in [0.15, 0.2) is 5.65 Å². The number of rotatable bonds is 3. The summed E-state index contributed by atoms with van der Waals surface area (Å²) in [5.74, 6) is -1.56. The van der Waals surface area contributed by atoms with E-state index in [1.165, 1.54) is 7.05 Å². The van der Waals surface area contributed by atoms with E-state index in [1.54, 1.807) is 0 Å². The zero-order valence-corrected chi connectivity index (χ0v) is 10.6. The Morgan fingerprint density at radius 2 is 2.15 bits per heavy atom. The lowest BCUT2D eigenvalue weighted by Crippen LogP contribution is -2.30. The molecule has 0 radical (unpaired) electrons. The highest BCUT2D eigenvalue weighted by Crippen LogP contribution is 2.12. The molecule has 0 aliphatic heterocycles. The fourth-order valence-corrected chi connectivity index (χ4v) is 1.80. The number of aromatic amines is 1. The van der Waals surface area contributed by atoms with Gasteiger partial charge in [-0.15, -0.1) is 0 Å². The first-order chi connectivity index (χ1) is 9.36. The number of ether oxygens (including phenoxy) is 1. The van der Waals surface area contributed by atoms with E-state index in [2.05, 4.69) is 15.1 Å². The molecule has 0 spiro atoms. The number of anilines is 1. The minimum atomic E-state index is -1.57. The molecule has 0 saturated carbocycles. The maximum atomic E-state index is 12.2. The van der Waals surface area contributed by atoms with Crippen molar-refractivity contribution in [2.24, 2.45) is 7.05 Å². The molecular weight excluding hydrogens is 270 g/mol. The van der Waals surface area contributed by atoms with Crippen molar-refractivity contribution in [3.8, 4) is 0 Å². The molecule has 0 aromatic carbocycles. The highest BCUT2D eigenvalue weighted by atomic mass is 16.5. The quantitative estimate of drug-likeness (QED) is 0.606. The van der Waals surface area contributed by atoms with E-state index in [0.717, 1.165) is 11.8 Å². The first-order valence-corrected chi connectivity index (χ1v) is 5.39. The third-order valence-corrected chi connectivity index (χ3v) is 2.65. The van der Waals surface area contributed by atoms with E-state index >= 15 is 0 Å². The number of fused-ring (bicyclic) bond motifs is 1. The molecule has 0 aliphatic carbocycles. The number of aromatic nitrogens is 4. The summed E-state index contributed by atoms with van der Waals surface area (Å²) in [6.07, 6.45) is -1.57. The summed E-state index contributed by atoms with van der Waals surface area (Å²) < 4.78 is 5.82. The number of aliphatic carboxylic acids is 1. The van der Waals surface area contributed by atoms with Crippen LogP contribution in [0.25, 0.3) is 11.0 Å². The molecule has 2 heterocycles. The van der Waals surface area contributed by atoms with Gasteiger partial charge in [-0.1, -0.05) is 0 Å². The first-order valence-electron chi connectivity index (χ1n) is 5.39. The summed E-state index contributed by atoms with van der Waals surface area (Å²) in [6.45, 7) is 0. The van der Waals surface area contributed by atoms with Crippen LogP contribution in [-0.2, 0) is 16.6 Å². The summed E-state index contributed by atoms with van der Waals surface area (Å²) in [6, 6.07) is 0. The van der Waals surface area contributed by atoms with Crippen molar-refractivity contribution in [1.82, 2.24) is 19.7 Å². The second-order valence-electron chi connectivity index (χ2n) is 3.94. The molecule has 0 fully saturated rings. The topological polar surface area (TPSA) is 153 Å². The molecule has 10 nitrogen and oxygen atoms in total. The summed E-state index contributed by atoms with van der Waals surface area (Å²) in [5.41, 5.74) is 3.31. The Kier molecular flexibility index (Phi) is 3.24. The molecule has 10 heteroatoms. The van der Waals surface area contributed by atoms with Crippen molar-refractivity contribution in [2.45, 2.75) is 6.10 Å². The molecule has 0 aliphatic rings. The third kappa shape index (κ3) is 2.01. The molecule has 0 bridgehead atoms. The second kappa shape index (κ2) is 4.74. The number of hydrogen-bond acceptors (Lipinski definition) is 7. The van der Waals surface area contributed by atoms with Crippen LogP contribution in [0.3, 0.4) is 0 Å². The van der Waals surface area contributed by atoms with E-state index in [-0.39, 0.29) is 17.0 Å². The van der Waals surface area contributed by atoms with Gasteiger partial charge in [-0.25, -0.2) is 9.48 Å². The molecule has 2 aromatic heterocycles. The molecule has 2 aromatic rings. The Bertz CT molecular complexity index is 808. The molecule has 1 unspecified atom stereocenters. The summed E-state index contributed by atoms with van der Waals surface area (Å²) in [4.78, 5) is 41.0. The maximum absolute atomic E-state index is 12.2. The van der Waals surface area contributed by atoms with Gasteiger partial charge in [-0.2, -0.15) is 10.1 Å². The Labute approximate surface area is 110 Å². The largest absolute Gasteiger partial charge is 0.479 e. The van der Waals surface area contributed by atoms with Gasteiger partial charge in [0.05, 0.1) is 0 Å². The van der Waals surface area contributed by atoms with Crippen LogP contribution in [0.1, 0.15) is 11.8 Å². The Morgan fingerprint density at radius 1 is 1.50 bits per heavy atom. The molecular formula is C10H11N5O5. The predicted octanol–water partition coefficient (Wildman–Crippen LogP) is -1.63. The predicted molar refractivity (Wildman–Crippen MR) is 67.2 cm³/mol. The van der Waals surface area contributed by atoms with Crippen LogP contribution in [0, 0.1) is 0 Å². The lowest BCUT2D eigenvalue weighted by atomic mass is 10.2. The number of carbonyl (C=O) groups is 1. The fourth-order valence-electron chi connectivity index (χ4n) is 1.80. The molecule has 0 amide bonds. The normalized spacial score (nSPS) is 12.5. The summed E-state index contributed by atoms with van der Waals surface area (Å²) in [7, 11) is 2.53. The van der Waals surface area contributed by atoms with Gasteiger partial charge in [0, 0.05) is 14.2 Å². The van der Waals surface area contributed by atoms with Gasteiger partial charge in [0.2, 0.25) is 17.5 Å².